The molecule has 3 rings (SSSR count). The summed E-state index contributed by atoms with van der Waals surface area (Å²) in [4.78, 5) is 0. The second-order valence-corrected chi connectivity index (χ2v) is 6.76. The fourth-order valence-corrected chi connectivity index (χ4v) is 3.42. The van der Waals surface area contributed by atoms with Crippen molar-refractivity contribution >= 4 is 0 Å². The fourth-order valence-electron chi connectivity index (χ4n) is 3.42. The summed E-state index contributed by atoms with van der Waals surface area (Å²) in [5, 5.41) is 3.74. The monoisotopic (exact) mass is 287 g/mol. The van der Waals surface area contributed by atoms with Gasteiger partial charge in [0, 0.05) is 6.04 Å². The summed E-state index contributed by atoms with van der Waals surface area (Å²) < 4.78 is 5.96. The van der Waals surface area contributed by atoms with E-state index in [0.717, 1.165) is 12.3 Å². The van der Waals surface area contributed by atoms with Crippen molar-refractivity contribution in [2.24, 2.45) is 0 Å². The maximum absolute atomic E-state index is 5.96. The molecule has 2 saturated carbocycles. The van der Waals surface area contributed by atoms with Crippen LogP contribution in [0.4, 0.5) is 0 Å². The van der Waals surface area contributed by atoms with E-state index in [4.69, 9.17) is 4.74 Å². The Morgan fingerprint density at radius 2 is 2.00 bits per heavy atom. The molecule has 2 atom stereocenters. The van der Waals surface area contributed by atoms with Gasteiger partial charge in [-0.2, -0.15) is 0 Å². The summed E-state index contributed by atoms with van der Waals surface area (Å²) in [6.45, 7) is 3.40. The molecule has 1 aromatic rings. The van der Waals surface area contributed by atoms with Gasteiger partial charge in [-0.25, -0.2) is 0 Å². The molecule has 0 radical (unpaired) electrons. The molecular formula is C19H29NO. The standard InChI is InChI=1S/C19H29NO/c1-2-12-20-17-8-4-3-6-15(13-17)16-7-5-9-19(14-16)21-18-10-11-18/h5,7,9,14-15,17-18,20H,2-4,6,8,10-13H2,1H3. The molecule has 1 aromatic carbocycles. The van der Waals surface area contributed by atoms with E-state index in [0.29, 0.717) is 18.1 Å². The third-order valence-electron chi connectivity index (χ3n) is 4.76. The van der Waals surface area contributed by atoms with Crippen molar-refractivity contribution < 1.29 is 4.74 Å². The summed E-state index contributed by atoms with van der Waals surface area (Å²) in [5.74, 6) is 1.78. The average molecular weight is 287 g/mol. The predicted molar refractivity (Wildman–Crippen MR) is 88.0 cm³/mol. The highest BCUT2D eigenvalue weighted by molar-refractivity contribution is 5.31. The zero-order valence-corrected chi connectivity index (χ0v) is 13.3. The van der Waals surface area contributed by atoms with Crippen LogP contribution >= 0.6 is 0 Å². The third kappa shape index (κ3) is 4.47. The van der Waals surface area contributed by atoms with E-state index < -0.39 is 0 Å². The third-order valence-corrected chi connectivity index (χ3v) is 4.76. The molecule has 0 heterocycles. The van der Waals surface area contributed by atoms with Crippen LogP contribution in [0.3, 0.4) is 0 Å². The molecule has 21 heavy (non-hydrogen) atoms. The quantitative estimate of drug-likeness (QED) is 0.769. The maximum atomic E-state index is 5.96. The number of hydrogen-bond donors (Lipinski definition) is 1. The molecule has 0 spiro atoms. The van der Waals surface area contributed by atoms with E-state index in [1.54, 1.807) is 0 Å². The van der Waals surface area contributed by atoms with E-state index in [1.165, 1.54) is 56.9 Å². The molecule has 116 valence electrons. The minimum Gasteiger partial charge on any atom is -0.490 e. The topological polar surface area (TPSA) is 21.3 Å². The van der Waals surface area contributed by atoms with Crippen LogP contribution in [0.2, 0.25) is 0 Å². The molecular weight excluding hydrogens is 258 g/mol. The Morgan fingerprint density at radius 3 is 2.81 bits per heavy atom. The van der Waals surface area contributed by atoms with E-state index in [1.807, 2.05) is 0 Å². The summed E-state index contributed by atoms with van der Waals surface area (Å²) in [6.07, 6.45) is 10.9. The Hall–Kier alpha value is -1.02. The lowest BCUT2D eigenvalue weighted by molar-refractivity contribution is 0.302. The molecule has 2 unspecified atom stereocenters. The number of nitrogens with one attached hydrogen (secondary N) is 1. The van der Waals surface area contributed by atoms with E-state index in [-0.39, 0.29) is 0 Å². The van der Waals surface area contributed by atoms with E-state index in [2.05, 4.69) is 36.5 Å². The number of hydrogen-bond acceptors (Lipinski definition) is 2. The van der Waals surface area contributed by atoms with Gasteiger partial charge in [0.15, 0.2) is 0 Å². The Balaban J connectivity index is 1.65. The first kappa shape index (κ1) is 14.9. The van der Waals surface area contributed by atoms with Crippen molar-refractivity contribution in [3.05, 3.63) is 29.8 Å². The van der Waals surface area contributed by atoms with Crippen molar-refractivity contribution in [2.45, 2.75) is 76.4 Å². The van der Waals surface area contributed by atoms with Gasteiger partial charge in [-0.15, -0.1) is 0 Å². The van der Waals surface area contributed by atoms with Crippen molar-refractivity contribution in [2.75, 3.05) is 6.54 Å². The number of rotatable bonds is 6. The molecule has 2 aliphatic carbocycles. The van der Waals surface area contributed by atoms with Crippen LogP contribution in [0.25, 0.3) is 0 Å². The molecule has 0 amide bonds. The Labute approximate surface area is 129 Å². The van der Waals surface area contributed by atoms with Crippen LogP contribution in [0.5, 0.6) is 5.75 Å². The Kier molecular flexibility index (Phi) is 5.18. The number of benzene rings is 1. The van der Waals surface area contributed by atoms with Gasteiger partial charge in [-0.1, -0.05) is 31.9 Å². The highest BCUT2D eigenvalue weighted by atomic mass is 16.5. The van der Waals surface area contributed by atoms with Crippen LogP contribution in [0.15, 0.2) is 24.3 Å². The highest BCUT2D eigenvalue weighted by Crippen LogP contribution is 2.34. The summed E-state index contributed by atoms with van der Waals surface area (Å²) in [6, 6.07) is 9.58. The van der Waals surface area contributed by atoms with Crippen molar-refractivity contribution in [1.82, 2.24) is 5.32 Å². The minimum absolute atomic E-state index is 0.494. The van der Waals surface area contributed by atoms with E-state index in [9.17, 15) is 0 Å². The lowest BCUT2D eigenvalue weighted by Gasteiger charge is -2.22. The van der Waals surface area contributed by atoms with Crippen molar-refractivity contribution in [3.63, 3.8) is 0 Å². The molecule has 2 heteroatoms. The van der Waals surface area contributed by atoms with Crippen LogP contribution in [0.1, 0.15) is 69.8 Å². The molecule has 2 fully saturated rings. The molecule has 2 nitrogen and oxygen atoms in total. The van der Waals surface area contributed by atoms with Gasteiger partial charge in [-0.05, 0) is 68.7 Å². The van der Waals surface area contributed by atoms with Gasteiger partial charge in [0.25, 0.3) is 0 Å². The molecule has 0 saturated heterocycles. The first-order valence-corrected chi connectivity index (χ1v) is 8.85. The van der Waals surface area contributed by atoms with E-state index >= 15 is 0 Å². The summed E-state index contributed by atoms with van der Waals surface area (Å²) in [7, 11) is 0. The molecule has 0 bridgehead atoms. The second kappa shape index (κ2) is 7.31. The van der Waals surface area contributed by atoms with Gasteiger partial charge in [0.2, 0.25) is 0 Å². The second-order valence-electron chi connectivity index (χ2n) is 6.76. The van der Waals surface area contributed by atoms with Gasteiger partial charge in [-0.3, -0.25) is 0 Å². The molecule has 2 aliphatic rings. The first-order chi connectivity index (χ1) is 10.3. The highest BCUT2D eigenvalue weighted by Gasteiger charge is 2.25. The smallest absolute Gasteiger partial charge is 0.119 e. The lowest BCUT2D eigenvalue weighted by Crippen LogP contribution is -2.30. The van der Waals surface area contributed by atoms with Crippen molar-refractivity contribution in [1.29, 1.82) is 0 Å². The largest absolute Gasteiger partial charge is 0.490 e. The predicted octanol–water partition coefficient (Wildman–Crippen LogP) is 4.64. The van der Waals surface area contributed by atoms with Gasteiger partial charge in [0.05, 0.1) is 6.10 Å². The Bertz CT molecular complexity index is 441. The fraction of sp³-hybridized carbons (Fsp3) is 0.684. The SMILES string of the molecule is CCCNC1CCCCC(c2cccc(OC3CC3)c2)C1. The zero-order chi connectivity index (χ0) is 14.5. The van der Waals surface area contributed by atoms with Crippen LogP contribution in [-0.4, -0.2) is 18.7 Å². The minimum atomic E-state index is 0.494. The number of ether oxygens (including phenoxy) is 1. The van der Waals surface area contributed by atoms with Crippen LogP contribution < -0.4 is 10.1 Å². The maximum Gasteiger partial charge on any atom is 0.119 e. The zero-order valence-electron chi connectivity index (χ0n) is 13.3. The molecule has 0 aromatic heterocycles. The molecule has 0 aliphatic heterocycles. The lowest BCUT2D eigenvalue weighted by atomic mass is 9.90. The van der Waals surface area contributed by atoms with Crippen molar-refractivity contribution in [3.8, 4) is 5.75 Å². The Morgan fingerprint density at radius 1 is 1.14 bits per heavy atom. The van der Waals surface area contributed by atoms with Crippen LogP contribution in [0, 0.1) is 0 Å². The summed E-state index contributed by atoms with van der Waals surface area (Å²) in [5.41, 5.74) is 1.48. The first-order valence-electron chi connectivity index (χ1n) is 8.85. The molecule has 1 N–H and O–H groups in total. The average Bonchev–Trinajstić information content (AvgIpc) is 3.32. The summed E-state index contributed by atoms with van der Waals surface area (Å²) >= 11 is 0. The van der Waals surface area contributed by atoms with Gasteiger partial charge in [0.1, 0.15) is 5.75 Å². The normalized spacial score (nSPS) is 26.3. The van der Waals surface area contributed by atoms with Gasteiger partial charge < -0.3 is 10.1 Å². The van der Waals surface area contributed by atoms with Crippen LogP contribution in [-0.2, 0) is 0 Å². The van der Waals surface area contributed by atoms with Gasteiger partial charge >= 0.3 is 0 Å².